The Morgan fingerprint density at radius 1 is 1.22 bits per heavy atom. The molecule has 5 nitrogen and oxygen atoms in total. The topological polar surface area (TPSA) is 63.2 Å². The Labute approximate surface area is 164 Å². The summed E-state index contributed by atoms with van der Waals surface area (Å²) >= 11 is 6.15. The van der Waals surface area contributed by atoms with Gasteiger partial charge in [0.05, 0.1) is 29.6 Å². The van der Waals surface area contributed by atoms with E-state index in [2.05, 4.69) is 21.7 Å². The molecule has 2 aromatic rings. The Morgan fingerprint density at radius 3 is 2.85 bits per heavy atom. The van der Waals surface area contributed by atoms with Crippen molar-refractivity contribution in [3.05, 3.63) is 58.9 Å². The summed E-state index contributed by atoms with van der Waals surface area (Å²) in [6.07, 6.45) is 11.3. The zero-order valence-corrected chi connectivity index (χ0v) is 16.2. The average Bonchev–Trinajstić information content (AvgIpc) is 2.69. The summed E-state index contributed by atoms with van der Waals surface area (Å²) in [6.45, 7) is 0.649. The van der Waals surface area contributed by atoms with Crippen LogP contribution in [0.25, 0.3) is 0 Å². The number of carbonyl (C=O) groups excluding carboxylic acids is 1. The van der Waals surface area contributed by atoms with Crippen LogP contribution in [0.5, 0.6) is 5.75 Å². The van der Waals surface area contributed by atoms with E-state index < -0.39 is 0 Å². The molecule has 0 aliphatic heterocycles. The number of ether oxygens (including phenoxy) is 1. The Balaban J connectivity index is 1.58. The van der Waals surface area contributed by atoms with Crippen molar-refractivity contribution in [2.45, 2.75) is 32.1 Å². The van der Waals surface area contributed by atoms with Gasteiger partial charge in [0.2, 0.25) is 0 Å². The molecule has 0 saturated heterocycles. The molecule has 1 heterocycles. The van der Waals surface area contributed by atoms with E-state index in [1.54, 1.807) is 37.7 Å². The highest BCUT2D eigenvalue weighted by molar-refractivity contribution is 6.32. The van der Waals surface area contributed by atoms with Crippen LogP contribution in [-0.2, 0) is 0 Å². The second-order valence-corrected chi connectivity index (χ2v) is 6.96. The lowest BCUT2D eigenvalue weighted by Crippen LogP contribution is -2.25. The second-order valence-electron chi connectivity index (χ2n) is 6.55. The lowest BCUT2D eigenvalue weighted by atomic mass is 9.97. The molecule has 0 unspecified atom stereocenters. The predicted octanol–water partition coefficient (Wildman–Crippen LogP) is 5.11. The first-order valence-electron chi connectivity index (χ1n) is 9.17. The second kappa shape index (κ2) is 9.42. The van der Waals surface area contributed by atoms with Gasteiger partial charge >= 0.3 is 0 Å². The third-order valence-electron chi connectivity index (χ3n) is 4.56. The fourth-order valence-electron chi connectivity index (χ4n) is 3.11. The number of nitrogens with zero attached hydrogens (tertiary/aromatic N) is 1. The zero-order valence-electron chi connectivity index (χ0n) is 15.4. The quantitative estimate of drug-likeness (QED) is 0.650. The Hall–Kier alpha value is -2.53. The highest BCUT2D eigenvalue weighted by Gasteiger charge is 2.09. The smallest absolute Gasteiger partial charge is 0.252 e. The summed E-state index contributed by atoms with van der Waals surface area (Å²) in [5, 5.41) is 6.70. The van der Waals surface area contributed by atoms with Crippen molar-refractivity contribution in [1.29, 1.82) is 0 Å². The highest BCUT2D eigenvalue weighted by Crippen LogP contribution is 2.28. The molecule has 0 fully saturated rings. The Bertz CT molecular complexity index is 836. The van der Waals surface area contributed by atoms with Crippen LogP contribution >= 0.6 is 11.6 Å². The third kappa shape index (κ3) is 5.47. The summed E-state index contributed by atoms with van der Waals surface area (Å²) in [4.78, 5) is 16.6. The molecule has 0 saturated carbocycles. The van der Waals surface area contributed by atoms with Gasteiger partial charge < -0.3 is 15.4 Å². The van der Waals surface area contributed by atoms with Crippen molar-refractivity contribution in [1.82, 2.24) is 10.3 Å². The number of methoxy groups -OCH3 is 1. The molecule has 1 aliphatic carbocycles. The zero-order chi connectivity index (χ0) is 19.1. The normalized spacial score (nSPS) is 13.6. The first-order chi connectivity index (χ1) is 13.2. The van der Waals surface area contributed by atoms with E-state index in [0.29, 0.717) is 22.9 Å². The molecule has 142 valence electrons. The molecule has 1 amide bonds. The number of aromatic nitrogens is 1. The van der Waals surface area contributed by atoms with Crippen LogP contribution in [0.15, 0.2) is 48.3 Å². The molecule has 3 rings (SSSR count). The van der Waals surface area contributed by atoms with Crippen LogP contribution in [0.2, 0.25) is 5.02 Å². The number of amides is 1. The van der Waals surface area contributed by atoms with Gasteiger partial charge in [-0.2, -0.15) is 0 Å². The minimum atomic E-state index is -0.115. The molecular weight excluding hydrogens is 362 g/mol. The standard InChI is InChI=1S/C21H24ClN3O2/c1-27-20-8-7-17(12-19(20)22)25-18-11-16(13-23-14-18)21(26)24-10-9-15-5-3-2-4-6-15/h5,7-8,11-14,25H,2-4,6,9-10H2,1H3,(H,24,26). The van der Waals surface area contributed by atoms with Crippen molar-refractivity contribution in [3.8, 4) is 5.75 Å². The molecule has 27 heavy (non-hydrogen) atoms. The first kappa shape index (κ1) is 19.2. The molecular formula is C21H24ClN3O2. The number of rotatable bonds is 7. The number of benzene rings is 1. The number of nitrogens with one attached hydrogen (secondary N) is 2. The Morgan fingerprint density at radius 2 is 2.11 bits per heavy atom. The van der Waals surface area contributed by atoms with Gasteiger partial charge in [0.1, 0.15) is 5.75 Å². The molecule has 0 bridgehead atoms. The number of halogens is 1. The van der Waals surface area contributed by atoms with Crippen molar-refractivity contribution in [2.24, 2.45) is 0 Å². The van der Waals surface area contributed by atoms with Gasteiger partial charge in [0, 0.05) is 18.4 Å². The van der Waals surface area contributed by atoms with Crippen LogP contribution in [0.1, 0.15) is 42.5 Å². The SMILES string of the molecule is COc1ccc(Nc2cncc(C(=O)NCCC3=CCCCC3)c2)cc1Cl. The molecule has 0 radical (unpaired) electrons. The first-order valence-corrected chi connectivity index (χ1v) is 9.55. The fourth-order valence-corrected chi connectivity index (χ4v) is 3.37. The predicted molar refractivity (Wildman–Crippen MR) is 109 cm³/mol. The summed E-state index contributed by atoms with van der Waals surface area (Å²) < 4.78 is 5.15. The van der Waals surface area contributed by atoms with Gasteiger partial charge in [-0.15, -0.1) is 0 Å². The highest BCUT2D eigenvalue weighted by atomic mass is 35.5. The minimum Gasteiger partial charge on any atom is -0.495 e. The van der Waals surface area contributed by atoms with Gasteiger partial charge in [-0.25, -0.2) is 0 Å². The summed E-state index contributed by atoms with van der Waals surface area (Å²) in [5.41, 5.74) is 3.49. The van der Waals surface area contributed by atoms with Crippen molar-refractivity contribution >= 4 is 28.9 Å². The van der Waals surface area contributed by atoms with E-state index in [1.165, 1.54) is 18.4 Å². The van der Waals surface area contributed by atoms with Crippen LogP contribution in [-0.4, -0.2) is 24.5 Å². The lowest BCUT2D eigenvalue weighted by molar-refractivity contribution is 0.0953. The molecule has 1 aromatic carbocycles. The van der Waals surface area contributed by atoms with E-state index in [4.69, 9.17) is 16.3 Å². The molecule has 0 spiro atoms. The number of pyridine rings is 1. The van der Waals surface area contributed by atoms with Gasteiger partial charge in [0.25, 0.3) is 5.91 Å². The van der Waals surface area contributed by atoms with Gasteiger partial charge in [0.15, 0.2) is 0 Å². The van der Waals surface area contributed by atoms with Crippen LogP contribution in [0.4, 0.5) is 11.4 Å². The van der Waals surface area contributed by atoms with Gasteiger partial charge in [-0.05, 0) is 56.4 Å². The van der Waals surface area contributed by atoms with Crippen LogP contribution in [0.3, 0.4) is 0 Å². The maximum atomic E-state index is 12.4. The third-order valence-corrected chi connectivity index (χ3v) is 4.85. The maximum Gasteiger partial charge on any atom is 0.252 e. The molecule has 1 aromatic heterocycles. The van der Waals surface area contributed by atoms with E-state index in [9.17, 15) is 4.79 Å². The summed E-state index contributed by atoms with van der Waals surface area (Å²) in [5.74, 6) is 0.497. The molecule has 2 N–H and O–H groups in total. The number of hydrogen-bond donors (Lipinski definition) is 2. The van der Waals surface area contributed by atoms with E-state index in [1.807, 2.05) is 6.07 Å². The van der Waals surface area contributed by atoms with Crippen molar-refractivity contribution in [3.63, 3.8) is 0 Å². The molecule has 1 aliphatic rings. The number of carbonyl (C=O) groups is 1. The fraction of sp³-hybridized carbons (Fsp3) is 0.333. The number of allylic oxidation sites excluding steroid dienone is 1. The van der Waals surface area contributed by atoms with Crippen LogP contribution < -0.4 is 15.4 Å². The monoisotopic (exact) mass is 385 g/mol. The van der Waals surface area contributed by atoms with E-state index >= 15 is 0 Å². The van der Waals surface area contributed by atoms with Crippen molar-refractivity contribution < 1.29 is 9.53 Å². The minimum absolute atomic E-state index is 0.115. The van der Waals surface area contributed by atoms with Gasteiger partial charge in [-0.3, -0.25) is 9.78 Å². The summed E-state index contributed by atoms with van der Waals surface area (Å²) in [6, 6.07) is 7.19. The average molecular weight is 386 g/mol. The number of hydrogen-bond acceptors (Lipinski definition) is 4. The van der Waals surface area contributed by atoms with E-state index in [-0.39, 0.29) is 5.91 Å². The maximum absolute atomic E-state index is 12.4. The molecule has 0 atom stereocenters. The van der Waals surface area contributed by atoms with Gasteiger partial charge in [-0.1, -0.05) is 23.3 Å². The van der Waals surface area contributed by atoms with Crippen LogP contribution in [0, 0.1) is 0 Å². The van der Waals surface area contributed by atoms with Crippen molar-refractivity contribution in [2.75, 3.05) is 19.0 Å². The lowest BCUT2D eigenvalue weighted by Gasteiger charge is -2.13. The molecule has 6 heteroatoms. The largest absolute Gasteiger partial charge is 0.495 e. The van der Waals surface area contributed by atoms with E-state index in [0.717, 1.165) is 30.6 Å². The summed E-state index contributed by atoms with van der Waals surface area (Å²) in [7, 11) is 1.57. The number of anilines is 2. The Kier molecular flexibility index (Phi) is 6.71.